The van der Waals surface area contributed by atoms with E-state index < -0.39 is 11.9 Å². The molecule has 0 aliphatic carbocycles. The number of aliphatic carboxylic acids is 1. The van der Waals surface area contributed by atoms with Crippen LogP contribution >= 0.6 is 0 Å². The number of hydrogen-bond acceptors (Lipinski definition) is 3. The number of nitrogens with zero attached hydrogens (tertiary/aromatic N) is 1. The van der Waals surface area contributed by atoms with Gasteiger partial charge in [0.15, 0.2) is 0 Å². The molecule has 6 heteroatoms. The Balaban J connectivity index is 1.68. The van der Waals surface area contributed by atoms with E-state index in [1.165, 1.54) is 12.1 Å². The zero-order chi connectivity index (χ0) is 15.7. The number of halogens is 1. The molecule has 2 heterocycles. The minimum atomic E-state index is -0.849. The van der Waals surface area contributed by atoms with Crippen molar-refractivity contribution in [3.8, 4) is 5.75 Å². The van der Waals surface area contributed by atoms with E-state index in [1.807, 2.05) is 0 Å². The maximum Gasteiger partial charge on any atom is 0.308 e. The summed E-state index contributed by atoms with van der Waals surface area (Å²) in [5.41, 5.74) is 0.817. The Bertz CT molecular complexity index is 604. The summed E-state index contributed by atoms with van der Waals surface area (Å²) in [4.78, 5) is 25.3. The molecule has 1 aromatic carbocycles. The summed E-state index contributed by atoms with van der Waals surface area (Å²) in [6.07, 6.45) is 1.82. The highest BCUT2D eigenvalue weighted by Crippen LogP contribution is 2.29. The highest BCUT2D eigenvalue weighted by Gasteiger charge is 2.34. The molecule has 22 heavy (non-hydrogen) atoms. The number of ether oxygens (including phenoxy) is 1. The van der Waals surface area contributed by atoms with Crippen molar-refractivity contribution in [2.24, 2.45) is 11.8 Å². The van der Waals surface area contributed by atoms with Crippen LogP contribution in [0.2, 0.25) is 0 Å². The average molecular weight is 307 g/mol. The molecule has 0 spiro atoms. The molecule has 3 rings (SSSR count). The van der Waals surface area contributed by atoms with Crippen LogP contribution in [0.15, 0.2) is 18.2 Å². The normalized spacial score (nSPS) is 24.3. The van der Waals surface area contributed by atoms with E-state index in [2.05, 4.69) is 0 Å². The Morgan fingerprint density at radius 2 is 2.14 bits per heavy atom. The van der Waals surface area contributed by atoms with E-state index in [9.17, 15) is 14.0 Å². The molecule has 118 valence electrons. The molecule has 0 radical (unpaired) electrons. The number of carbonyl (C=O) groups is 2. The van der Waals surface area contributed by atoms with Crippen LogP contribution in [0.5, 0.6) is 5.75 Å². The molecule has 1 amide bonds. The third-order valence-electron chi connectivity index (χ3n) is 4.37. The lowest BCUT2D eigenvalue weighted by Gasteiger charge is -2.34. The van der Waals surface area contributed by atoms with Crippen molar-refractivity contribution in [3.63, 3.8) is 0 Å². The number of rotatable bonds is 2. The zero-order valence-corrected chi connectivity index (χ0v) is 12.1. The number of fused-ring (bicyclic) bond motifs is 1. The smallest absolute Gasteiger partial charge is 0.308 e. The summed E-state index contributed by atoms with van der Waals surface area (Å²) < 4.78 is 18.6. The minimum absolute atomic E-state index is 0.0686. The van der Waals surface area contributed by atoms with Crippen LogP contribution in [0.1, 0.15) is 18.4 Å². The number of amides is 1. The van der Waals surface area contributed by atoms with E-state index in [4.69, 9.17) is 9.84 Å². The molecule has 2 atom stereocenters. The van der Waals surface area contributed by atoms with Crippen molar-refractivity contribution < 1.29 is 23.8 Å². The highest BCUT2D eigenvalue weighted by atomic mass is 19.1. The zero-order valence-electron chi connectivity index (χ0n) is 12.1. The second kappa shape index (κ2) is 5.94. The van der Waals surface area contributed by atoms with Gasteiger partial charge in [0.25, 0.3) is 0 Å². The lowest BCUT2D eigenvalue weighted by atomic mass is 9.92. The first-order valence-corrected chi connectivity index (χ1v) is 7.47. The van der Waals surface area contributed by atoms with Gasteiger partial charge in [0.1, 0.15) is 18.2 Å². The summed E-state index contributed by atoms with van der Waals surface area (Å²) in [7, 11) is 0. The van der Waals surface area contributed by atoms with Crippen LogP contribution in [0.4, 0.5) is 4.39 Å². The Morgan fingerprint density at radius 3 is 2.91 bits per heavy atom. The predicted molar refractivity (Wildman–Crippen MR) is 76.0 cm³/mol. The maximum atomic E-state index is 13.1. The third kappa shape index (κ3) is 2.91. The molecule has 1 saturated heterocycles. The first kappa shape index (κ1) is 14.8. The predicted octanol–water partition coefficient (Wildman–Crippen LogP) is 1.70. The van der Waals surface area contributed by atoms with Crippen LogP contribution in [-0.4, -0.2) is 41.6 Å². The number of likely N-dealkylation sites (tertiary alicyclic amines) is 1. The second-order valence-corrected chi connectivity index (χ2v) is 5.93. The SMILES string of the molecule is O=C(O)C1CCCN(C(=O)C2COc3cc(F)ccc3C2)C1. The van der Waals surface area contributed by atoms with Crippen molar-refractivity contribution in [2.75, 3.05) is 19.7 Å². The topological polar surface area (TPSA) is 66.8 Å². The molecule has 2 aliphatic rings. The first-order chi connectivity index (χ1) is 10.5. The lowest BCUT2D eigenvalue weighted by Crippen LogP contribution is -2.47. The molecule has 1 N–H and O–H groups in total. The summed E-state index contributed by atoms with van der Waals surface area (Å²) in [5.74, 6) is -1.59. The Labute approximate surface area is 127 Å². The Hall–Kier alpha value is -2.11. The molecule has 0 aromatic heterocycles. The van der Waals surface area contributed by atoms with Crippen molar-refractivity contribution in [1.82, 2.24) is 4.90 Å². The van der Waals surface area contributed by atoms with Crippen LogP contribution in [0.25, 0.3) is 0 Å². The Morgan fingerprint density at radius 1 is 1.32 bits per heavy atom. The lowest BCUT2D eigenvalue weighted by molar-refractivity contribution is -0.147. The highest BCUT2D eigenvalue weighted by molar-refractivity contribution is 5.81. The molecule has 2 unspecified atom stereocenters. The molecule has 2 aliphatic heterocycles. The minimum Gasteiger partial charge on any atom is -0.492 e. The summed E-state index contributed by atoms with van der Waals surface area (Å²) in [6, 6.07) is 4.33. The van der Waals surface area contributed by atoms with E-state index in [0.717, 1.165) is 5.56 Å². The quantitative estimate of drug-likeness (QED) is 0.903. The van der Waals surface area contributed by atoms with Gasteiger partial charge < -0.3 is 14.7 Å². The summed E-state index contributed by atoms with van der Waals surface area (Å²) in [6.45, 7) is 1.07. The van der Waals surface area contributed by atoms with Gasteiger partial charge in [-0.05, 0) is 30.9 Å². The van der Waals surface area contributed by atoms with Gasteiger partial charge in [0.05, 0.1) is 11.8 Å². The molecule has 0 bridgehead atoms. The maximum absolute atomic E-state index is 13.1. The van der Waals surface area contributed by atoms with Gasteiger partial charge in [0, 0.05) is 19.2 Å². The van der Waals surface area contributed by atoms with E-state index >= 15 is 0 Å². The van der Waals surface area contributed by atoms with Crippen molar-refractivity contribution in [3.05, 3.63) is 29.6 Å². The number of carboxylic acid groups (broad SMARTS) is 1. The Kier molecular flexibility index (Phi) is 4.00. The van der Waals surface area contributed by atoms with Gasteiger partial charge in [-0.3, -0.25) is 9.59 Å². The van der Waals surface area contributed by atoms with Gasteiger partial charge in [0.2, 0.25) is 5.91 Å². The van der Waals surface area contributed by atoms with Crippen LogP contribution in [-0.2, 0) is 16.0 Å². The molecular formula is C16H18FNO4. The fraction of sp³-hybridized carbons (Fsp3) is 0.500. The monoisotopic (exact) mass is 307 g/mol. The van der Waals surface area contributed by atoms with Gasteiger partial charge in [-0.25, -0.2) is 4.39 Å². The second-order valence-electron chi connectivity index (χ2n) is 5.93. The van der Waals surface area contributed by atoms with E-state index in [1.54, 1.807) is 11.0 Å². The van der Waals surface area contributed by atoms with Crippen LogP contribution in [0, 0.1) is 17.7 Å². The molecular weight excluding hydrogens is 289 g/mol. The fourth-order valence-corrected chi connectivity index (χ4v) is 3.14. The van der Waals surface area contributed by atoms with Crippen LogP contribution in [0.3, 0.4) is 0 Å². The van der Waals surface area contributed by atoms with E-state index in [0.29, 0.717) is 31.6 Å². The van der Waals surface area contributed by atoms with Gasteiger partial charge in [-0.1, -0.05) is 6.07 Å². The van der Waals surface area contributed by atoms with Gasteiger partial charge in [-0.2, -0.15) is 0 Å². The van der Waals surface area contributed by atoms with Crippen molar-refractivity contribution in [2.45, 2.75) is 19.3 Å². The molecule has 1 aromatic rings. The van der Waals surface area contributed by atoms with Gasteiger partial charge >= 0.3 is 5.97 Å². The van der Waals surface area contributed by atoms with Gasteiger partial charge in [-0.15, -0.1) is 0 Å². The van der Waals surface area contributed by atoms with Crippen molar-refractivity contribution in [1.29, 1.82) is 0 Å². The molecule has 0 saturated carbocycles. The largest absolute Gasteiger partial charge is 0.492 e. The van der Waals surface area contributed by atoms with Crippen molar-refractivity contribution >= 4 is 11.9 Å². The standard InChI is InChI=1S/C16H18FNO4/c17-13-4-3-10-6-12(9-22-14(10)7-13)15(19)18-5-1-2-11(8-18)16(20)21/h3-4,7,11-12H,1-2,5-6,8-9H2,(H,20,21). The number of carboxylic acids is 1. The fourth-order valence-electron chi connectivity index (χ4n) is 3.14. The summed E-state index contributed by atoms with van der Waals surface area (Å²) in [5, 5.41) is 9.11. The first-order valence-electron chi connectivity index (χ1n) is 7.47. The molecule has 5 nitrogen and oxygen atoms in total. The number of benzene rings is 1. The third-order valence-corrected chi connectivity index (χ3v) is 4.37. The summed E-state index contributed by atoms with van der Waals surface area (Å²) >= 11 is 0. The number of piperidine rings is 1. The number of hydrogen-bond donors (Lipinski definition) is 1. The number of carbonyl (C=O) groups excluding carboxylic acids is 1. The molecule has 1 fully saturated rings. The van der Waals surface area contributed by atoms with Crippen LogP contribution < -0.4 is 4.74 Å². The van der Waals surface area contributed by atoms with E-state index in [-0.39, 0.29) is 30.8 Å². The average Bonchev–Trinajstić information content (AvgIpc) is 2.53.